The molecule has 114 valence electrons. The number of nitrogens with zero attached hydrogens (tertiary/aromatic N) is 2. The van der Waals surface area contributed by atoms with Crippen molar-refractivity contribution in [2.24, 2.45) is 0 Å². The van der Waals surface area contributed by atoms with Crippen LogP contribution in [0.15, 0.2) is 0 Å². The summed E-state index contributed by atoms with van der Waals surface area (Å²) in [5, 5.41) is 0. The van der Waals surface area contributed by atoms with Crippen LogP contribution in [-0.4, -0.2) is 48.6 Å². The Labute approximate surface area is 121 Å². The maximum Gasteiger partial charge on any atom is 0.0113 e. The van der Waals surface area contributed by atoms with Gasteiger partial charge in [-0.3, -0.25) is 4.90 Å². The van der Waals surface area contributed by atoms with Gasteiger partial charge < -0.3 is 4.90 Å². The van der Waals surface area contributed by atoms with Crippen LogP contribution in [0.3, 0.4) is 0 Å². The topological polar surface area (TPSA) is 6.48 Å². The molecule has 1 aliphatic heterocycles. The molecule has 19 heavy (non-hydrogen) atoms. The number of hydrogen-bond acceptors (Lipinski definition) is 2. The van der Waals surface area contributed by atoms with Gasteiger partial charge in [0.1, 0.15) is 0 Å². The Morgan fingerprint density at radius 3 is 1.79 bits per heavy atom. The Morgan fingerprint density at radius 2 is 1.26 bits per heavy atom. The average molecular weight is 268 g/mol. The van der Waals surface area contributed by atoms with Crippen LogP contribution in [0.2, 0.25) is 0 Å². The molecule has 1 rings (SSSR count). The highest BCUT2D eigenvalue weighted by molar-refractivity contribution is 4.73. The quantitative estimate of drug-likeness (QED) is 0.549. The van der Waals surface area contributed by atoms with Crippen molar-refractivity contribution >= 4 is 0 Å². The van der Waals surface area contributed by atoms with Crippen LogP contribution < -0.4 is 0 Å². The molecule has 0 saturated carbocycles. The van der Waals surface area contributed by atoms with Crippen molar-refractivity contribution in [1.29, 1.82) is 0 Å². The number of piperazine rings is 1. The summed E-state index contributed by atoms with van der Waals surface area (Å²) >= 11 is 0. The highest BCUT2D eigenvalue weighted by Crippen LogP contribution is 2.10. The molecule has 0 spiro atoms. The smallest absolute Gasteiger partial charge is 0.0113 e. The normalized spacial score (nSPS) is 18.3. The lowest BCUT2D eigenvalue weighted by atomic mass is 10.1. The van der Waals surface area contributed by atoms with E-state index >= 15 is 0 Å². The zero-order valence-electron chi connectivity index (χ0n) is 13.7. The second-order valence-corrected chi connectivity index (χ2v) is 6.45. The van der Waals surface area contributed by atoms with E-state index in [2.05, 4.69) is 30.6 Å². The summed E-state index contributed by atoms with van der Waals surface area (Å²) in [6.45, 7) is 13.4. The van der Waals surface area contributed by atoms with Crippen LogP contribution in [0.25, 0.3) is 0 Å². The minimum atomic E-state index is 0.727. The van der Waals surface area contributed by atoms with E-state index in [9.17, 15) is 0 Å². The van der Waals surface area contributed by atoms with E-state index in [-0.39, 0.29) is 0 Å². The van der Waals surface area contributed by atoms with Crippen molar-refractivity contribution in [3.05, 3.63) is 0 Å². The minimum absolute atomic E-state index is 0.727. The molecule has 1 heterocycles. The first-order valence-corrected chi connectivity index (χ1v) is 8.70. The van der Waals surface area contributed by atoms with Gasteiger partial charge in [0, 0.05) is 32.2 Å². The predicted molar refractivity (Wildman–Crippen MR) is 85.8 cm³/mol. The van der Waals surface area contributed by atoms with E-state index in [1.54, 1.807) is 0 Å². The molecule has 1 fully saturated rings. The third-order valence-corrected chi connectivity index (χ3v) is 4.47. The van der Waals surface area contributed by atoms with E-state index < -0.39 is 0 Å². The Bertz CT molecular complexity index is 195. The highest BCUT2D eigenvalue weighted by atomic mass is 15.3. The van der Waals surface area contributed by atoms with Gasteiger partial charge in [-0.25, -0.2) is 0 Å². The first kappa shape index (κ1) is 17.0. The van der Waals surface area contributed by atoms with Crippen molar-refractivity contribution in [1.82, 2.24) is 9.80 Å². The molecule has 0 atom stereocenters. The number of hydrogen-bond donors (Lipinski definition) is 0. The lowest BCUT2D eigenvalue weighted by Gasteiger charge is -2.36. The van der Waals surface area contributed by atoms with E-state index in [0.29, 0.717) is 0 Å². The molecule has 0 amide bonds. The summed E-state index contributed by atoms with van der Waals surface area (Å²) in [5.74, 6) is 0. The molecular formula is C17H36N2. The molecule has 1 aliphatic rings. The van der Waals surface area contributed by atoms with Crippen molar-refractivity contribution in [3.63, 3.8) is 0 Å². The van der Waals surface area contributed by atoms with E-state index in [1.165, 1.54) is 84.1 Å². The van der Waals surface area contributed by atoms with Crippen LogP contribution in [0.1, 0.15) is 72.1 Å². The minimum Gasteiger partial charge on any atom is -0.301 e. The molecule has 0 aromatic heterocycles. The van der Waals surface area contributed by atoms with Gasteiger partial charge in [0.05, 0.1) is 0 Å². The fourth-order valence-electron chi connectivity index (χ4n) is 2.97. The van der Waals surface area contributed by atoms with Gasteiger partial charge in [-0.2, -0.15) is 0 Å². The molecule has 0 aromatic carbocycles. The third-order valence-electron chi connectivity index (χ3n) is 4.47. The fraction of sp³-hybridized carbons (Fsp3) is 1.00. The molecule has 0 bridgehead atoms. The average Bonchev–Trinajstić information content (AvgIpc) is 2.42. The Morgan fingerprint density at radius 1 is 0.737 bits per heavy atom. The SMILES string of the molecule is CCCCCCCCCCN1CCN(C(C)C)CC1. The van der Waals surface area contributed by atoms with Crippen LogP contribution in [0, 0.1) is 0 Å². The number of rotatable bonds is 10. The Balaban J connectivity index is 1.88. The Hall–Kier alpha value is -0.0800. The molecule has 2 heteroatoms. The molecule has 0 N–H and O–H groups in total. The predicted octanol–water partition coefficient (Wildman–Crippen LogP) is 4.15. The third kappa shape index (κ3) is 7.94. The zero-order valence-corrected chi connectivity index (χ0v) is 13.7. The zero-order chi connectivity index (χ0) is 13.9. The van der Waals surface area contributed by atoms with Gasteiger partial charge in [-0.15, -0.1) is 0 Å². The largest absolute Gasteiger partial charge is 0.301 e. The molecule has 1 saturated heterocycles. The second-order valence-electron chi connectivity index (χ2n) is 6.45. The van der Waals surface area contributed by atoms with Gasteiger partial charge in [-0.1, -0.05) is 51.9 Å². The van der Waals surface area contributed by atoms with Gasteiger partial charge in [0.15, 0.2) is 0 Å². The number of unbranched alkanes of at least 4 members (excludes halogenated alkanes) is 7. The van der Waals surface area contributed by atoms with Crippen molar-refractivity contribution < 1.29 is 0 Å². The van der Waals surface area contributed by atoms with Crippen molar-refractivity contribution in [3.8, 4) is 0 Å². The summed E-state index contributed by atoms with van der Waals surface area (Å²) in [6, 6.07) is 0.727. The van der Waals surface area contributed by atoms with Gasteiger partial charge in [-0.05, 0) is 26.8 Å². The lowest BCUT2D eigenvalue weighted by molar-refractivity contribution is 0.107. The molecule has 0 unspecified atom stereocenters. The lowest BCUT2D eigenvalue weighted by Crippen LogP contribution is -2.48. The summed E-state index contributed by atoms with van der Waals surface area (Å²) < 4.78 is 0. The maximum atomic E-state index is 2.66. The summed E-state index contributed by atoms with van der Waals surface area (Å²) in [6.07, 6.45) is 11.5. The fourth-order valence-corrected chi connectivity index (χ4v) is 2.97. The van der Waals surface area contributed by atoms with Crippen LogP contribution >= 0.6 is 0 Å². The summed E-state index contributed by atoms with van der Waals surface area (Å²) in [5.41, 5.74) is 0. The molecule has 0 aromatic rings. The first-order chi connectivity index (χ1) is 9.24. The van der Waals surface area contributed by atoms with Crippen LogP contribution in [-0.2, 0) is 0 Å². The van der Waals surface area contributed by atoms with Crippen molar-refractivity contribution in [2.75, 3.05) is 32.7 Å². The second kappa shape index (κ2) is 10.7. The maximum absolute atomic E-state index is 2.66. The van der Waals surface area contributed by atoms with E-state index in [4.69, 9.17) is 0 Å². The summed E-state index contributed by atoms with van der Waals surface area (Å²) in [4.78, 5) is 5.26. The van der Waals surface area contributed by atoms with Gasteiger partial charge in [0.2, 0.25) is 0 Å². The summed E-state index contributed by atoms with van der Waals surface area (Å²) in [7, 11) is 0. The van der Waals surface area contributed by atoms with E-state index in [0.717, 1.165) is 6.04 Å². The molecule has 0 aliphatic carbocycles. The van der Waals surface area contributed by atoms with Gasteiger partial charge in [0.25, 0.3) is 0 Å². The van der Waals surface area contributed by atoms with Crippen molar-refractivity contribution in [2.45, 2.75) is 78.2 Å². The molecule has 0 radical (unpaired) electrons. The highest BCUT2D eigenvalue weighted by Gasteiger charge is 2.17. The van der Waals surface area contributed by atoms with Crippen LogP contribution in [0.5, 0.6) is 0 Å². The monoisotopic (exact) mass is 268 g/mol. The molecule has 2 nitrogen and oxygen atoms in total. The van der Waals surface area contributed by atoms with Gasteiger partial charge >= 0.3 is 0 Å². The van der Waals surface area contributed by atoms with E-state index in [1.807, 2.05) is 0 Å². The standard InChI is InChI=1S/C17H36N2/c1-4-5-6-7-8-9-10-11-12-18-13-15-19(16-14-18)17(2)3/h17H,4-16H2,1-3H3. The van der Waals surface area contributed by atoms with Crippen LogP contribution in [0.4, 0.5) is 0 Å². The Kier molecular flexibility index (Phi) is 9.54. The first-order valence-electron chi connectivity index (χ1n) is 8.70. The molecular weight excluding hydrogens is 232 g/mol.